The molecule has 9 nitrogen and oxygen atoms in total. The number of benzene rings is 2. The average Bonchev–Trinajstić information content (AvgIpc) is 3.40. The number of aromatic amines is 1. The van der Waals surface area contributed by atoms with E-state index in [0.717, 1.165) is 17.4 Å². The van der Waals surface area contributed by atoms with Gasteiger partial charge in [0.1, 0.15) is 5.52 Å². The van der Waals surface area contributed by atoms with Gasteiger partial charge in [-0.25, -0.2) is 13.4 Å². The minimum atomic E-state index is -3.29. The zero-order valence-corrected chi connectivity index (χ0v) is 17.2. The SMILES string of the molecule is CS(=O)(=O)c1ccc(CNC(=O)c2cc(-c3ccoc3)cc3[nH]c(C(N)=O)nc23)cc1. The lowest BCUT2D eigenvalue weighted by molar-refractivity contribution is 0.0950. The first kappa shape index (κ1) is 20.4. The van der Waals surface area contributed by atoms with Crippen molar-refractivity contribution in [3.05, 3.63) is 71.9 Å². The summed E-state index contributed by atoms with van der Waals surface area (Å²) in [7, 11) is -3.29. The monoisotopic (exact) mass is 438 g/mol. The Bertz CT molecular complexity index is 1390. The van der Waals surface area contributed by atoms with Crippen molar-refractivity contribution in [2.75, 3.05) is 6.26 Å². The number of carbonyl (C=O) groups excluding carboxylic acids is 2. The number of furan rings is 1. The van der Waals surface area contributed by atoms with E-state index in [2.05, 4.69) is 15.3 Å². The summed E-state index contributed by atoms with van der Waals surface area (Å²) in [4.78, 5) is 31.7. The average molecular weight is 438 g/mol. The van der Waals surface area contributed by atoms with Crippen LogP contribution in [-0.4, -0.2) is 36.5 Å². The fraction of sp³-hybridized carbons (Fsp3) is 0.0952. The van der Waals surface area contributed by atoms with Crippen LogP contribution in [0.4, 0.5) is 0 Å². The number of nitrogens with two attached hydrogens (primary N) is 1. The molecule has 2 aromatic carbocycles. The molecule has 0 fully saturated rings. The molecule has 0 saturated carbocycles. The number of hydrogen-bond acceptors (Lipinski definition) is 6. The molecule has 0 atom stereocenters. The maximum Gasteiger partial charge on any atom is 0.284 e. The number of nitrogens with one attached hydrogen (secondary N) is 2. The largest absolute Gasteiger partial charge is 0.472 e. The normalized spacial score (nSPS) is 11.5. The van der Waals surface area contributed by atoms with Crippen molar-refractivity contribution in [2.24, 2.45) is 5.73 Å². The molecule has 4 rings (SSSR count). The Hall–Kier alpha value is -3.92. The number of sulfone groups is 1. The molecule has 0 saturated heterocycles. The molecular formula is C21H18N4O5S. The van der Waals surface area contributed by atoms with Crippen molar-refractivity contribution in [1.82, 2.24) is 15.3 Å². The summed E-state index contributed by atoms with van der Waals surface area (Å²) in [6, 6.07) is 11.4. The molecule has 0 aliphatic heterocycles. The van der Waals surface area contributed by atoms with Gasteiger partial charge in [0.25, 0.3) is 11.8 Å². The second-order valence-electron chi connectivity index (χ2n) is 6.98. The number of H-pyrrole nitrogens is 1. The van der Waals surface area contributed by atoms with E-state index >= 15 is 0 Å². The Balaban J connectivity index is 1.65. The summed E-state index contributed by atoms with van der Waals surface area (Å²) in [5.74, 6) is -1.20. The zero-order chi connectivity index (χ0) is 22.2. The van der Waals surface area contributed by atoms with Gasteiger partial charge in [0.05, 0.1) is 28.5 Å². The van der Waals surface area contributed by atoms with E-state index in [1.54, 1.807) is 30.3 Å². The van der Waals surface area contributed by atoms with Gasteiger partial charge < -0.3 is 20.5 Å². The van der Waals surface area contributed by atoms with E-state index < -0.39 is 21.7 Å². The van der Waals surface area contributed by atoms with Crippen molar-refractivity contribution in [3.8, 4) is 11.1 Å². The van der Waals surface area contributed by atoms with Crippen LogP contribution in [0.25, 0.3) is 22.2 Å². The Kier molecular flexibility index (Phi) is 5.07. The van der Waals surface area contributed by atoms with E-state index in [-0.39, 0.29) is 22.8 Å². The highest BCUT2D eigenvalue weighted by atomic mass is 32.2. The van der Waals surface area contributed by atoms with Crippen molar-refractivity contribution in [2.45, 2.75) is 11.4 Å². The molecule has 0 unspecified atom stereocenters. The fourth-order valence-corrected chi connectivity index (χ4v) is 3.77. The third-order valence-corrected chi connectivity index (χ3v) is 5.85. The summed E-state index contributed by atoms with van der Waals surface area (Å²) >= 11 is 0. The lowest BCUT2D eigenvalue weighted by Gasteiger charge is -2.08. The first-order valence-corrected chi connectivity index (χ1v) is 11.0. The number of primary amides is 1. The minimum absolute atomic E-state index is 0.0512. The lowest BCUT2D eigenvalue weighted by Crippen LogP contribution is -2.23. The molecule has 31 heavy (non-hydrogen) atoms. The number of hydrogen-bond donors (Lipinski definition) is 3. The molecule has 2 heterocycles. The Labute approximate surface area is 177 Å². The van der Waals surface area contributed by atoms with Crippen LogP contribution in [0.2, 0.25) is 0 Å². The summed E-state index contributed by atoms with van der Waals surface area (Å²) in [6.07, 6.45) is 4.19. The lowest BCUT2D eigenvalue weighted by atomic mass is 10.0. The molecule has 2 amide bonds. The maximum absolute atomic E-state index is 13.0. The van der Waals surface area contributed by atoms with E-state index in [0.29, 0.717) is 16.6 Å². The van der Waals surface area contributed by atoms with Gasteiger partial charge in [-0.3, -0.25) is 9.59 Å². The first-order valence-electron chi connectivity index (χ1n) is 9.16. The van der Waals surface area contributed by atoms with Gasteiger partial charge >= 0.3 is 0 Å². The number of imidazole rings is 1. The predicted molar refractivity (Wildman–Crippen MR) is 113 cm³/mol. The van der Waals surface area contributed by atoms with Crippen LogP contribution in [0.15, 0.2) is 64.3 Å². The Morgan fingerprint density at radius 1 is 1.13 bits per heavy atom. The van der Waals surface area contributed by atoms with E-state index in [4.69, 9.17) is 10.2 Å². The van der Waals surface area contributed by atoms with Gasteiger partial charge in [0.15, 0.2) is 15.7 Å². The topological polar surface area (TPSA) is 148 Å². The van der Waals surface area contributed by atoms with E-state index in [9.17, 15) is 18.0 Å². The second-order valence-corrected chi connectivity index (χ2v) is 9.00. The summed E-state index contributed by atoms with van der Waals surface area (Å²) in [5.41, 5.74) is 8.55. The van der Waals surface area contributed by atoms with Crippen LogP contribution in [-0.2, 0) is 16.4 Å². The van der Waals surface area contributed by atoms with Crippen molar-refractivity contribution >= 4 is 32.7 Å². The molecule has 10 heteroatoms. The summed E-state index contributed by atoms with van der Waals surface area (Å²) < 4.78 is 28.3. The van der Waals surface area contributed by atoms with Crippen molar-refractivity contribution in [1.29, 1.82) is 0 Å². The number of aromatic nitrogens is 2. The third-order valence-electron chi connectivity index (χ3n) is 4.72. The molecule has 4 aromatic rings. The van der Waals surface area contributed by atoms with Gasteiger partial charge in [0.2, 0.25) is 0 Å². The number of rotatable bonds is 6. The van der Waals surface area contributed by atoms with Gasteiger partial charge in [-0.15, -0.1) is 0 Å². The molecule has 0 radical (unpaired) electrons. The highest BCUT2D eigenvalue weighted by Crippen LogP contribution is 2.27. The molecule has 2 aromatic heterocycles. The molecule has 4 N–H and O–H groups in total. The van der Waals surface area contributed by atoms with Gasteiger partial charge in [-0.05, 0) is 41.5 Å². The Morgan fingerprint density at radius 3 is 2.48 bits per heavy atom. The standard InChI is InChI=1S/C21H18N4O5S/c1-31(28,29)15-4-2-12(3-5-15)10-23-21(27)16-8-14(13-6-7-30-11-13)9-17-18(16)25-20(24-17)19(22)26/h2-9,11H,10H2,1H3,(H2,22,26)(H,23,27)(H,24,25). The van der Waals surface area contributed by atoms with Gasteiger partial charge in [-0.2, -0.15) is 0 Å². The van der Waals surface area contributed by atoms with Crippen LogP contribution in [0.5, 0.6) is 0 Å². The molecule has 0 aliphatic rings. The van der Waals surface area contributed by atoms with E-state index in [1.165, 1.54) is 24.7 Å². The molecular weight excluding hydrogens is 420 g/mol. The van der Waals surface area contributed by atoms with Crippen molar-refractivity contribution in [3.63, 3.8) is 0 Å². The molecule has 0 spiro atoms. The number of nitrogens with zero attached hydrogens (tertiary/aromatic N) is 1. The zero-order valence-electron chi connectivity index (χ0n) is 16.4. The molecule has 158 valence electrons. The Morgan fingerprint density at radius 2 is 1.87 bits per heavy atom. The van der Waals surface area contributed by atoms with Crippen molar-refractivity contribution < 1.29 is 22.4 Å². The molecule has 0 bridgehead atoms. The number of carbonyl (C=O) groups is 2. The summed E-state index contributed by atoms with van der Waals surface area (Å²) in [6.45, 7) is 0.174. The highest BCUT2D eigenvalue weighted by Gasteiger charge is 2.18. The van der Waals surface area contributed by atoms with E-state index in [1.807, 2.05) is 0 Å². The van der Waals surface area contributed by atoms with Crippen LogP contribution >= 0.6 is 0 Å². The summed E-state index contributed by atoms with van der Waals surface area (Å²) in [5, 5.41) is 2.79. The highest BCUT2D eigenvalue weighted by molar-refractivity contribution is 7.90. The van der Waals surface area contributed by atoms with Crippen LogP contribution in [0, 0.1) is 0 Å². The fourth-order valence-electron chi connectivity index (χ4n) is 3.13. The second kappa shape index (κ2) is 7.73. The maximum atomic E-state index is 13.0. The third kappa shape index (κ3) is 4.19. The van der Waals surface area contributed by atoms with Gasteiger partial charge in [-0.1, -0.05) is 12.1 Å². The minimum Gasteiger partial charge on any atom is -0.472 e. The molecule has 0 aliphatic carbocycles. The van der Waals surface area contributed by atoms with Crippen LogP contribution in [0.1, 0.15) is 26.5 Å². The quantitative estimate of drug-likeness (QED) is 0.420. The number of amides is 2. The predicted octanol–water partition coefficient (Wildman–Crippen LogP) is 2.26. The van der Waals surface area contributed by atoms with Crippen LogP contribution in [0.3, 0.4) is 0 Å². The smallest absolute Gasteiger partial charge is 0.284 e. The van der Waals surface area contributed by atoms with Crippen LogP contribution < -0.4 is 11.1 Å². The first-order chi connectivity index (χ1) is 14.7. The number of fused-ring (bicyclic) bond motifs is 1. The van der Waals surface area contributed by atoms with Gasteiger partial charge in [0, 0.05) is 18.4 Å².